The van der Waals surface area contributed by atoms with Crippen LogP contribution in [0.5, 0.6) is 5.75 Å². The van der Waals surface area contributed by atoms with Gasteiger partial charge in [0.2, 0.25) is 5.91 Å². The zero-order valence-corrected chi connectivity index (χ0v) is 17.1. The summed E-state index contributed by atoms with van der Waals surface area (Å²) >= 11 is 0. The second kappa shape index (κ2) is 9.67. The van der Waals surface area contributed by atoms with E-state index >= 15 is 0 Å². The molecular formula is C23H21F3N4O2. The van der Waals surface area contributed by atoms with Crippen molar-refractivity contribution in [2.24, 2.45) is 0 Å². The second-order valence-electron chi connectivity index (χ2n) is 7.34. The maximum atomic E-state index is 14.6. The standard InChI is InChI=1S/C23H21F3N4O2/c24-18-11-10-16(14-17(18)22-29-28-20-8-2-1-5-13-30(20)22)27-21(31)12-9-15-6-3-4-7-19(15)32-23(25)26/h3-4,6-7,9-12,14,23H,1-2,5,8,13H2,(H,27,31)/b12-9+. The van der Waals surface area contributed by atoms with E-state index in [9.17, 15) is 18.0 Å². The predicted octanol–water partition coefficient (Wildman–Crippen LogP) is 5.06. The Balaban J connectivity index is 1.52. The van der Waals surface area contributed by atoms with Crippen LogP contribution in [0.15, 0.2) is 48.5 Å². The van der Waals surface area contributed by atoms with E-state index < -0.39 is 18.3 Å². The molecule has 4 rings (SSSR count). The first-order chi connectivity index (χ1) is 15.5. The fourth-order valence-corrected chi connectivity index (χ4v) is 3.63. The molecule has 0 bridgehead atoms. The molecule has 2 heterocycles. The van der Waals surface area contributed by atoms with E-state index in [2.05, 4.69) is 20.3 Å². The number of amides is 1. The number of carbonyl (C=O) groups is 1. The average Bonchev–Trinajstić information content (AvgIpc) is 3.01. The van der Waals surface area contributed by atoms with Crippen LogP contribution >= 0.6 is 0 Å². The van der Waals surface area contributed by atoms with Gasteiger partial charge >= 0.3 is 6.61 Å². The van der Waals surface area contributed by atoms with Gasteiger partial charge in [-0.2, -0.15) is 8.78 Å². The monoisotopic (exact) mass is 442 g/mol. The van der Waals surface area contributed by atoms with Crippen molar-refractivity contribution in [1.29, 1.82) is 0 Å². The molecule has 3 aromatic rings. The Morgan fingerprint density at radius 1 is 1.12 bits per heavy atom. The number of alkyl halides is 2. The lowest BCUT2D eigenvalue weighted by Gasteiger charge is -2.10. The molecule has 1 aliphatic heterocycles. The molecule has 2 aromatic carbocycles. The quantitative estimate of drug-likeness (QED) is 0.542. The summed E-state index contributed by atoms with van der Waals surface area (Å²) < 4.78 is 46.0. The minimum Gasteiger partial charge on any atom is -0.434 e. The highest BCUT2D eigenvalue weighted by atomic mass is 19.3. The number of hydrogen-bond acceptors (Lipinski definition) is 4. The number of aryl methyl sites for hydroxylation is 1. The number of para-hydroxylation sites is 1. The molecule has 0 saturated heterocycles. The Hall–Kier alpha value is -3.62. The molecule has 0 unspecified atom stereocenters. The maximum absolute atomic E-state index is 14.6. The highest BCUT2D eigenvalue weighted by molar-refractivity contribution is 6.02. The zero-order valence-electron chi connectivity index (χ0n) is 17.1. The number of anilines is 1. The molecule has 0 fully saturated rings. The Morgan fingerprint density at radius 2 is 1.97 bits per heavy atom. The average molecular weight is 442 g/mol. The maximum Gasteiger partial charge on any atom is 0.387 e. The summed E-state index contributed by atoms with van der Waals surface area (Å²) in [5.74, 6) is 0.261. The first-order valence-corrected chi connectivity index (χ1v) is 10.3. The molecule has 166 valence electrons. The van der Waals surface area contributed by atoms with Gasteiger partial charge in [0.15, 0.2) is 5.82 Å². The Labute approximate surface area is 182 Å². The first kappa shape index (κ1) is 21.6. The van der Waals surface area contributed by atoms with Gasteiger partial charge in [-0.05, 0) is 43.2 Å². The van der Waals surface area contributed by atoms with Gasteiger partial charge in [0.1, 0.15) is 17.4 Å². The lowest BCUT2D eigenvalue weighted by atomic mass is 10.1. The number of carbonyl (C=O) groups excluding carboxylic acids is 1. The smallest absolute Gasteiger partial charge is 0.387 e. The number of hydrogen-bond donors (Lipinski definition) is 1. The second-order valence-corrected chi connectivity index (χ2v) is 7.34. The van der Waals surface area contributed by atoms with Crippen LogP contribution in [-0.4, -0.2) is 27.3 Å². The number of aromatic nitrogens is 3. The molecule has 0 atom stereocenters. The Bertz CT molecular complexity index is 1140. The van der Waals surface area contributed by atoms with Crippen LogP contribution in [0.2, 0.25) is 0 Å². The Kier molecular flexibility index (Phi) is 6.53. The fourth-order valence-electron chi connectivity index (χ4n) is 3.63. The van der Waals surface area contributed by atoms with Crippen molar-refractivity contribution in [3.63, 3.8) is 0 Å². The molecule has 1 N–H and O–H groups in total. The molecule has 0 aliphatic carbocycles. The van der Waals surface area contributed by atoms with Crippen LogP contribution < -0.4 is 10.1 Å². The normalized spacial score (nSPS) is 13.8. The highest BCUT2D eigenvalue weighted by Gasteiger charge is 2.19. The summed E-state index contributed by atoms with van der Waals surface area (Å²) in [6.07, 6.45) is 6.44. The minimum absolute atomic E-state index is 0.0388. The van der Waals surface area contributed by atoms with E-state index in [0.29, 0.717) is 17.1 Å². The van der Waals surface area contributed by atoms with Gasteiger partial charge in [0, 0.05) is 30.3 Å². The number of ether oxygens (including phenoxy) is 1. The van der Waals surface area contributed by atoms with Gasteiger partial charge < -0.3 is 14.6 Å². The van der Waals surface area contributed by atoms with Crippen LogP contribution in [-0.2, 0) is 17.8 Å². The molecule has 1 aromatic heterocycles. The molecule has 0 spiro atoms. The summed E-state index contributed by atoms with van der Waals surface area (Å²) in [7, 11) is 0. The van der Waals surface area contributed by atoms with Gasteiger partial charge in [-0.25, -0.2) is 4.39 Å². The summed E-state index contributed by atoms with van der Waals surface area (Å²) in [5.41, 5.74) is 0.955. The van der Waals surface area contributed by atoms with Crippen molar-refractivity contribution < 1.29 is 22.7 Å². The van der Waals surface area contributed by atoms with Crippen molar-refractivity contribution in [3.8, 4) is 17.1 Å². The number of nitrogens with zero attached hydrogens (tertiary/aromatic N) is 3. The van der Waals surface area contributed by atoms with Crippen LogP contribution in [0.25, 0.3) is 17.5 Å². The van der Waals surface area contributed by atoms with E-state index in [-0.39, 0.29) is 11.3 Å². The molecule has 0 saturated carbocycles. The van der Waals surface area contributed by atoms with Crippen molar-refractivity contribution in [1.82, 2.24) is 14.8 Å². The van der Waals surface area contributed by atoms with E-state index in [1.165, 1.54) is 36.4 Å². The molecule has 6 nitrogen and oxygen atoms in total. The Morgan fingerprint density at radius 3 is 2.81 bits per heavy atom. The van der Waals surface area contributed by atoms with Crippen molar-refractivity contribution in [2.75, 3.05) is 5.32 Å². The largest absolute Gasteiger partial charge is 0.434 e. The lowest BCUT2D eigenvalue weighted by Crippen LogP contribution is -2.09. The topological polar surface area (TPSA) is 69.0 Å². The molecule has 0 radical (unpaired) electrons. The summed E-state index contributed by atoms with van der Waals surface area (Å²) in [5, 5.41) is 11.0. The van der Waals surface area contributed by atoms with Gasteiger partial charge in [-0.1, -0.05) is 24.6 Å². The summed E-state index contributed by atoms with van der Waals surface area (Å²) in [6, 6.07) is 10.4. The molecule has 1 amide bonds. The van der Waals surface area contributed by atoms with Crippen LogP contribution in [0.4, 0.5) is 18.9 Å². The van der Waals surface area contributed by atoms with Gasteiger partial charge in [-0.15, -0.1) is 10.2 Å². The number of nitrogens with one attached hydrogen (secondary N) is 1. The third-order valence-electron chi connectivity index (χ3n) is 5.13. The summed E-state index contributed by atoms with van der Waals surface area (Å²) in [4.78, 5) is 12.4. The number of benzene rings is 2. The van der Waals surface area contributed by atoms with E-state index in [1.54, 1.807) is 18.2 Å². The highest BCUT2D eigenvalue weighted by Crippen LogP contribution is 2.28. The number of rotatable bonds is 6. The lowest BCUT2D eigenvalue weighted by molar-refractivity contribution is -0.111. The molecular weight excluding hydrogens is 421 g/mol. The number of halogens is 3. The van der Waals surface area contributed by atoms with E-state index in [1.807, 2.05) is 4.57 Å². The van der Waals surface area contributed by atoms with Crippen molar-refractivity contribution in [2.45, 2.75) is 38.8 Å². The molecule has 9 heteroatoms. The van der Waals surface area contributed by atoms with Gasteiger partial charge in [-0.3, -0.25) is 4.79 Å². The third-order valence-corrected chi connectivity index (χ3v) is 5.13. The number of fused-ring (bicyclic) bond motifs is 1. The minimum atomic E-state index is -2.97. The van der Waals surface area contributed by atoms with Crippen molar-refractivity contribution in [3.05, 3.63) is 65.7 Å². The van der Waals surface area contributed by atoms with Gasteiger partial charge in [0.05, 0.1) is 5.56 Å². The van der Waals surface area contributed by atoms with E-state index in [4.69, 9.17) is 0 Å². The predicted molar refractivity (Wildman–Crippen MR) is 114 cm³/mol. The zero-order chi connectivity index (χ0) is 22.5. The van der Waals surface area contributed by atoms with Crippen LogP contribution in [0.1, 0.15) is 30.7 Å². The SMILES string of the molecule is O=C(/C=C/c1ccccc1OC(F)F)Nc1ccc(F)c(-c2nnc3n2CCCCC3)c1. The molecule has 32 heavy (non-hydrogen) atoms. The van der Waals surface area contributed by atoms with Crippen molar-refractivity contribution >= 4 is 17.7 Å². The summed E-state index contributed by atoms with van der Waals surface area (Å²) in [6.45, 7) is -2.25. The first-order valence-electron chi connectivity index (χ1n) is 10.3. The van der Waals surface area contributed by atoms with Crippen LogP contribution in [0, 0.1) is 5.82 Å². The van der Waals surface area contributed by atoms with Crippen LogP contribution in [0.3, 0.4) is 0 Å². The molecule has 1 aliphatic rings. The van der Waals surface area contributed by atoms with E-state index in [0.717, 1.165) is 38.1 Å². The third kappa shape index (κ3) is 4.99. The fraction of sp³-hybridized carbons (Fsp3) is 0.261. The van der Waals surface area contributed by atoms with Gasteiger partial charge in [0.25, 0.3) is 0 Å².